The Balaban J connectivity index is 1.64. The number of aliphatic hydroxyl groups excluding tert-OH is 1. The van der Waals surface area contributed by atoms with Crippen LogP contribution in [0.25, 0.3) is 0 Å². The molecule has 0 spiro atoms. The van der Waals surface area contributed by atoms with E-state index in [0.29, 0.717) is 30.1 Å². The Kier molecular flexibility index (Phi) is 9.00. The minimum atomic E-state index is -0.546. The maximum atomic E-state index is 11.7. The molecule has 3 rings (SSSR count). The third kappa shape index (κ3) is 6.20. The average Bonchev–Trinajstić information content (AvgIpc) is 2.71. The molecule has 0 aromatic rings. The Morgan fingerprint density at radius 2 is 2.00 bits per heavy atom. The highest BCUT2D eigenvalue weighted by molar-refractivity contribution is 5.70. The molecule has 2 aliphatic carbocycles. The molecule has 1 fully saturated rings. The number of cyclic esters (lactones) is 1. The van der Waals surface area contributed by atoms with Gasteiger partial charge in [0.2, 0.25) is 0 Å². The van der Waals surface area contributed by atoms with Crippen LogP contribution in [0.15, 0.2) is 23.8 Å². The highest BCUT2D eigenvalue weighted by Gasteiger charge is 2.39. The van der Waals surface area contributed by atoms with Crippen LogP contribution in [-0.4, -0.2) is 36.0 Å². The zero-order chi connectivity index (χ0) is 21.5. The molecule has 0 bridgehead atoms. The van der Waals surface area contributed by atoms with Crippen molar-refractivity contribution in [1.29, 1.82) is 0 Å². The van der Waals surface area contributed by atoms with Crippen molar-refractivity contribution in [1.82, 2.24) is 0 Å². The van der Waals surface area contributed by atoms with E-state index < -0.39 is 6.10 Å². The number of allylic oxidation sites excluding steroid dienone is 3. The molecular weight excluding hydrogens is 376 g/mol. The highest BCUT2D eigenvalue weighted by atomic mass is 16.5. The van der Waals surface area contributed by atoms with Gasteiger partial charge in [0, 0.05) is 18.9 Å². The van der Waals surface area contributed by atoms with E-state index >= 15 is 0 Å². The number of rotatable bonds is 10. The average molecular weight is 419 g/mol. The van der Waals surface area contributed by atoms with Gasteiger partial charge in [-0.1, -0.05) is 51.8 Å². The minimum absolute atomic E-state index is 0.140. The van der Waals surface area contributed by atoms with Gasteiger partial charge in [0.15, 0.2) is 0 Å². The molecule has 3 aliphatic rings. The maximum Gasteiger partial charge on any atom is 0.308 e. The lowest BCUT2D eigenvalue weighted by Crippen LogP contribution is -2.40. The van der Waals surface area contributed by atoms with Crippen LogP contribution in [0, 0.1) is 23.7 Å². The second-order valence-electron chi connectivity index (χ2n) is 9.79. The largest absolute Gasteiger partial charge is 0.462 e. The number of aliphatic hydroxyl groups is 1. The molecule has 4 nitrogen and oxygen atoms in total. The SMILES string of the molecule is CCCC(CCC)CO[C@H]1CCC=C2C=C[C@@H](C)[C@H](CC[C@@H]3C[C@@H](O)CC(=O)O3)[C@H]21. The number of hydrogen-bond acceptors (Lipinski definition) is 4. The fourth-order valence-electron chi connectivity index (χ4n) is 5.81. The molecule has 4 heteroatoms. The summed E-state index contributed by atoms with van der Waals surface area (Å²) in [6.45, 7) is 7.72. The number of hydrogen-bond donors (Lipinski definition) is 1. The van der Waals surface area contributed by atoms with E-state index in [1.807, 2.05) is 0 Å². The highest BCUT2D eigenvalue weighted by Crippen LogP contribution is 2.44. The van der Waals surface area contributed by atoms with E-state index in [0.717, 1.165) is 32.3 Å². The van der Waals surface area contributed by atoms with Crippen molar-refractivity contribution in [3.63, 3.8) is 0 Å². The summed E-state index contributed by atoms with van der Waals surface area (Å²) in [6.07, 6.45) is 16.4. The normalized spacial score (nSPS) is 33.9. The number of esters is 1. The number of carbonyl (C=O) groups is 1. The zero-order valence-corrected chi connectivity index (χ0v) is 19.2. The summed E-state index contributed by atoms with van der Waals surface area (Å²) in [5.41, 5.74) is 1.44. The van der Waals surface area contributed by atoms with Crippen molar-refractivity contribution < 1.29 is 19.4 Å². The molecule has 170 valence electrons. The fraction of sp³-hybridized carbons (Fsp3) is 0.808. The van der Waals surface area contributed by atoms with Crippen LogP contribution in [0.4, 0.5) is 0 Å². The van der Waals surface area contributed by atoms with Crippen LogP contribution in [-0.2, 0) is 14.3 Å². The van der Waals surface area contributed by atoms with Gasteiger partial charge in [0.25, 0.3) is 0 Å². The van der Waals surface area contributed by atoms with Crippen molar-refractivity contribution >= 4 is 5.97 Å². The monoisotopic (exact) mass is 418 g/mol. The predicted molar refractivity (Wildman–Crippen MR) is 120 cm³/mol. The van der Waals surface area contributed by atoms with Crippen molar-refractivity contribution in [2.45, 2.75) is 103 Å². The van der Waals surface area contributed by atoms with Crippen LogP contribution in [0.3, 0.4) is 0 Å². The van der Waals surface area contributed by atoms with E-state index in [1.165, 1.54) is 31.3 Å². The van der Waals surface area contributed by atoms with E-state index in [4.69, 9.17) is 9.47 Å². The summed E-state index contributed by atoms with van der Waals surface area (Å²) in [7, 11) is 0. The second-order valence-corrected chi connectivity index (χ2v) is 9.79. The van der Waals surface area contributed by atoms with Crippen molar-refractivity contribution in [3.05, 3.63) is 23.8 Å². The van der Waals surface area contributed by atoms with Crippen LogP contribution >= 0.6 is 0 Å². The predicted octanol–water partition coefficient (Wildman–Crippen LogP) is 5.59. The first-order valence-electron chi connectivity index (χ1n) is 12.4. The molecule has 1 aliphatic heterocycles. The lowest BCUT2D eigenvalue weighted by Gasteiger charge is -2.43. The van der Waals surface area contributed by atoms with Gasteiger partial charge in [0.1, 0.15) is 6.10 Å². The van der Waals surface area contributed by atoms with Gasteiger partial charge in [-0.2, -0.15) is 0 Å². The molecule has 0 saturated carbocycles. The Labute approximate surface area is 183 Å². The van der Waals surface area contributed by atoms with Gasteiger partial charge in [-0.05, 0) is 61.9 Å². The van der Waals surface area contributed by atoms with Gasteiger partial charge in [-0.15, -0.1) is 0 Å². The molecule has 0 amide bonds. The molecule has 0 unspecified atom stereocenters. The second kappa shape index (κ2) is 11.5. The topological polar surface area (TPSA) is 55.8 Å². The molecule has 30 heavy (non-hydrogen) atoms. The van der Waals surface area contributed by atoms with Crippen molar-refractivity contribution in [2.75, 3.05) is 6.61 Å². The van der Waals surface area contributed by atoms with Crippen LogP contribution in [0.2, 0.25) is 0 Å². The molecular formula is C26H42O4. The van der Waals surface area contributed by atoms with Crippen LogP contribution in [0.1, 0.15) is 85.0 Å². The summed E-state index contributed by atoms with van der Waals surface area (Å²) in [4.78, 5) is 11.7. The standard InChI is InChI=1S/C26H42O4/c1-4-7-19(8-5-2)17-29-24-10-6-9-20-12-11-18(3)23(26(20)24)14-13-22-15-21(27)16-25(28)30-22/h9,11-12,18-19,21-24,26-27H,4-8,10,13-17H2,1-3H3/t18-,21-,22-,23+,24+,26+/m1/s1. The summed E-state index contributed by atoms with van der Waals surface area (Å²) >= 11 is 0. The molecule has 1 heterocycles. The molecule has 6 atom stereocenters. The number of fused-ring (bicyclic) bond motifs is 1. The molecule has 0 aromatic heterocycles. The van der Waals surface area contributed by atoms with E-state index in [2.05, 4.69) is 39.0 Å². The first kappa shape index (κ1) is 23.5. The van der Waals surface area contributed by atoms with Gasteiger partial charge in [-0.3, -0.25) is 4.79 Å². The van der Waals surface area contributed by atoms with Gasteiger partial charge < -0.3 is 14.6 Å². The number of carbonyl (C=O) groups excluding carboxylic acids is 1. The first-order chi connectivity index (χ1) is 14.5. The Bertz CT molecular complexity index is 604. The fourth-order valence-corrected chi connectivity index (χ4v) is 5.81. The Hall–Kier alpha value is -1.13. The Morgan fingerprint density at radius 3 is 2.70 bits per heavy atom. The molecule has 0 radical (unpaired) electrons. The first-order valence-corrected chi connectivity index (χ1v) is 12.4. The van der Waals surface area contributed by atoms with Crippen molar-refractivity contribution in [3.8, 4) is 0 Å². The minimum Gasteiger partial charge on any atom is -0.462 e. The zero-order valence-electron chi connectivity index (χ0n) is 19.2. The van der Waals surface area contributed by atoms with Gasteiger partial charge in [0.05, 0.1) is 18.6 Å². The van der Waals surface area contributed by atoms with Gasteiger partial charge in [-0.25, -0.2) is 0 Å². The molecule has 1 N–H and O–H groups in total. The van der Waals surface area contributed by atoms with Crippen LogP contribution < -0.4 is 0 Å². The molecule has 1 saturated heterocycles. The van der Waals surface area contributed by atoms with E-state index in [9.17, 15) is 9.90 Å². The van der Waals surface area contributed by atoms with Gasteiger partial charge >= 0.3 is 5.97 Å². The van der Waals surface area contributed by atoms with E-state index in [-0.39, 0.29) is 24.6 Å². The maximum absolute atomic E-state index is 11.7. The smallest absolute Gasteiger partial charge is 0.308 e. The lowest BCUT2D eigenvalue weighted by molar-refractivity contribution is -0.160. The van der Waals surface area contributed by atoms with Crippen molar-refractivity contribution in [2.24, 2.45) is 23.7 Å². The van der Waals surface area contributed by atoms with Crippen LogP contribution in [0.5, 0.6) is 0 Å². The quantitative estimate of drug-likeness (QED) is 0.470. The summed E-state index contributed by atoms with van der Waals surface area (Å²) in [5.74, 6) is 1.84. The summed E-state index contributed by atoms with van der Waals surface area (Å²) in [6, 6.07) is 0. The summed E-state index contributed by atoms with van der Waals surface area (Å²) < 4.78 is 12.1. The lowest BCUT2D eigenvalue weighted by atomic mass is 9.66. The van der Waals surface area contributed by atoms with E-state index in [1.54, 1.807) is 0 Å². The third-order valence-corrected chi connectivity index (χ3v) is 7.34. The molecule has 0 aromatic carbocycles. The third-order valence-electron chi connectivity index (χ3n) is 7.34. The number of ether oxygens (including phenoxy) is 2. The summed E-state index contributed by atoms with van der Waals surface area (Å²) in [5, 5.41) is 9.94. The Morgan fingerprint density at radius 1 is 1.23 bits per heavy atom.